The summed E-state index contributed by atoms with van der Waals surface area (Å²) < 4.78 is 0. The number of nitrogens with one attached hydrogen (secondary N) is 1. The second kappa shape index (κ2) is 9.68. The van der Waals surface area contributed by atoms with Crippen molar-refractivity contribution in [3.8, 4) is 11.1 Å². The van der Waals surface area contributed by atoms with E-state index in [0.717, 1.165) is 22.9 Å². The lowest BCUT2D eigenvalue weighted by Gasteiger charge is -2.14. The van der Waals surface area contributed by atoms with Crippen LogP contribution in [0.5, 0.6) is 0 Å². The monoisotopic (exact) mass is 385 g/mol. The molecule has 27 heavy (non-hydrogen) atoms. The van der Waals surface area contributed by atoms with Crippen molar-refractivity contribution in [2.75, 3.05) is 6.54 Å². The van der Waals surface area contributed by atoms with Gasteiger partial charge < -0.3 is 10.4 Å². The lowest BCUT2D eigenvalue weighted by molar-refractivity contribution is -0.137. The van der Waals surface area contributed by atoms with Gasteiger partial charge in [-0.25, -0.2) is 0 Å². The molecule has 1 unspecified atom stereocenters. The Morgan fingerprint density at radius 3 is 2.11 bits per heavy atom. The Morgan fingerprint density at radius 2 is 1.56 bits per heavy atom. The summed E-state index contributed by atoms with van der Waals surface area (Å²) in [4.78, 5) is 46.6. The van der Waals surface area contributed by atoms with E-state index in [4.69, 9.17) is 5.11 Å². The molecule has 2 rings (SSSR count). The van der Waals surface area contributed by atoms with E-state index in [1.54, 1.807) is 12.1 Å². The minimum absolute atomic E-state index is 0.267. The number of benzene rings is 2. The van der Waals surface area contributed by atoms with E-state index in [0.29, 0.717) is 5.56 Å². The number of carboxylic acids is 1. The van der Waals surface area contributed by atoms with Crippen molar-refractivity contribution in [2.45, 2.75) is 18.6 Å². The highest BCUT2D eigenvalue weighted by atomic mass is 32.2. The Balaban J connectivity index is 2.13. The van der Waals surface area contributed by atoms with E-state index in [9.17, 15) is 19.2 Å². The van der Waals surface area contributed by atoms with Gasteiger partial charge >= 0.3 is 5.97 Å². The molecule has 2 N–H and O–H groups in total. The Labute approximate surface area is 161 Å². The second-order valence-electron chi connectivity index (χ2n) is 5.78. The molecule has 0 aliphatic carbocycles. The average molecular weight is 385 g/mol. The van der Waals surface area contributed by atoms with Crippen molar-refractivity contribution in [2.24, 2.45) is 0 Å². The second-order valence-corrected chi connectivity index (χ2v) is 7.16. The van der Waals surface area contributed by atoms with Crippen molar-refractivity contribution in [3.05, 3.63) is 60.2 Å². The average Bonchev–Trinajstić information content (AvgIpc) is 2.66. The Kier molecular flexibility index (Phi) is 7.31. The zero-order valence-corrected chi connectivity index (χ0v) is 15.5. The van der Waals surface area contributed by atoms with Crippen LogP contribution < -0.4 is 5.32 Å². The van der Waals surface area contributed by atoms with Crippen LogP contribution in [0.4, 0.5) is 0 Å². The van der Waals surface area contributed by atoms with Gasteiger partial charge in [0.05, 0.1) is 5.25 Å². The van der Waals surface area contributed by atoms with Gasteiger partial charge in [-0.1, -0.05) is 66.4 Å². The van der Waals surface area contributed by atoms with E-state index >= 15 is 0 Å². The largest absolute Gasteiger partial charge is 0.480 e. The number of carboxylic acid groups (broad SMARTS) is 1. The topological polar surface area (TPSA) is 101 Å². The third-order valence-corrected chi connectivity index (χ3v) is 4.68. The lowest BCUT2D eigenvalue weighted by Crippen LogP contribution is -2.33. The third kappa shape index (κ3) is 6.38. The predicted molar refractivity (Wildman–Crippen MR) is 104 cm³/mol. The Hall–Kier alpha value is -2.93. The first-order valence-electron chi connectivity index (χ1n) is 8.22. The smallest absolute Gasteiger partial charge is 0.322 e. The summed E-state index contributed by atoms with van der Waals surface area (Å²) in [6.45, 7) is 0.787. The van der Waals surface area contributed by atoms with Crippen molar-refractivity contribution in [1.82, 2.24) is 5.32 Å². The van der Waals surface area contributed by atoms with Gasteiger partial charge in [-0.15, -0.1) is 0 Å². The first-order valence-corrected chi connectivity index (χ1v) is 9.10. The van der Waals surface area contributed by atoms with Crippen molar-refractivity contribution in [3.63, 3.8) is 0 Å². The SMILES string of the molecule is CC(=O)SC(CC(=O)NCC(=O)O)C(=O)c1ccc(-c2ccccc2)cc1. The number of aliphatic carboxylic acids is 1. The van der Waals surface area contributed by atoms with Crippen LogP contribution in [-0.4, -0.2) is 39.7 Å². The number of rotatable bonds is 8. The maximum atomic E-state index is 12.7. The van der Waals surface area contributed by atoms with E-state index in [-0.39, 0.29) is 17.3 Å². The summed E-state index contributed by atoms with van der Waals surface area (Å²) in [7, 11) is 0. The molecule has 0 spiro atoms. The van der Waals surface area contributed by atoms with Gasteiger partial charge in [0.25, 0.3) is 0 Å². The molecule has 0 aliphatic heterocycles. The quantitative estimate of drug-likeness (QED) is 0.678. The summed E-state index contributed by atoms with van der Waals surface area (Å²) >= 11 is 0.769. The molecule has 2 aromatic carbocycles. The van der Waals surface area contributed by atoms with E-state index in [1.807, 2.05) is 42.5 Å². The fourth-order valence-electron chi connectivity index (χ4n) is 2.45. The number of hydrogen-bond acceptors (Lipinski definition) is 5. The molecule has 0 bridgehead atoms. The maximum absolute atomic E-state index is 12.7. The zero-order chi connectivity index (χ0) is 19.8. The van der Waals surface area contributed by atoms with Crippen LogP contribution in [-0.2, 0) is 14.4 Å². The number of Topliss-reactive ketones (excluding diaryl/α,β-unsaturated/α-hetero) is 1. The summed E-state index contributed by atoms with van der Waals surface area (Å²) in [5.74, 6) is -2.12. The van der Waals surface area contributed by atoms with Gasteiger partial charge in [0.15, 0.2) is 10.9 Å². The third-order valence-electron chi connectivity index (χ3n) is 3.68. The van der Waals surface area contributed by atoms with Crippen molar-refractivity contribution < 1.29 is 24.3 Å². The van der Waals surface area contributed by atoms with Gasteiger partial charge in [-0.05, 0) is 11.1 Å². The normalized spacial score (nSPS) is 11.4. The van der Waals surface area contributed by atoms with Crippen LogP contribution in [0.1, 0.15) is 23.7 Å². The molecule has 0 heterocycles. The van der Waals surface area contributed by atoms with Crippen LogP contribution in [0.3, 0.4) is 0 Å². The minimum Gasteiger partial charge on any atom is -0.480 e. The van der Waals surface area contributed by atoms with Gasteiger partial charge in [-0.2, -0.15) is 0 Å². The van der Waals surface area contributed by atoms with E-state index in [2.05, 4.69) is 5.32 Å². The van der Waals surface area contributed by atoms with Gasteiger partial charge in [0, 0.05) is 18.9 Å². The molecule has 0 aliphatic rings. The van der Waals surface area contributed by atoms with Gasteiger partial charge in [0.1, 0.15) is 6.54 Å². The molecule has 140 valence electrons. The van der Waals surface area contributed by atoms with E-state index in [1.165, 1.54) is 6.92 Å². The van der Waals surface area contributed by atoms with Crippen LogP contribution >= 0.6 is 11.8 Å². The van der Waals surface area contributed by atoms with Gasteiger partial charge in [0.2, 0.25) is 5.91 Å². The van der Waals surface area contributed by atoms with Crippen molar-refractivity contribution >= 4 is 34.5 Å². The van der Waals surface area contributed by atoms with Crippen LogP contribution in [0.15, 0.2) is 54.6 Å². The summed E-state index contributed by atoms with van der Waals surface area (Å²) in [6, 6.07) is 16.6. The van der Waals surface area contributed by atoms with Crippen LogP contribution in [0.25, 0.3) is 11.1 Å². The number of carbonyl (C=O) groups is 4. The Bertz CT molecular complexity index is 833. The molecule has 6 nitrogen and oxygen atoms in total. The summed E-state index contributed by atoms with van der Waals surface area (Å²) in [6.07, 6.45) is -0.267. The maximum Gasteiger partial charge on any atom is 0.322 e. The number of hydrogen-bond donors (Lipinski definition) is 2. The van der Waals surface area contributed by atoms with Gasteiger partial charge in [-0.3, -0.25) is 19.2 Å². The number of thioether (sulfide) groups is 1. The first kappa shape index (κ1) is 20.4. The lowest BCUT2D eigenvalue weighted by atomic mass is 10.0. The fourth-order valence-corrected chi connectivity index (χ4v) is 3.32. The highest BCUT2D eigenvalue weighted by molar-refractivity contribution is 8.14. The molecule has 1 amide bonds. The molecule has 0 saturated heterocycles. The Morgan fingerprint density at radius 1 is 0.963 bits per heavy atom. The molecular formula is C20H19NO5S. The molecule has 0 radical (unpaired) electrons. The molecule has 2 aromatic rings. The molecule has 0 saturated carbocycles. The predicted octanol–water partition coefficient (Wildman–Crippen LogP) is 2.78. The zero-order valence-electron chi connectivity index (χ0n) is 14.7. The summed E-state index contributed by atoms with van der Waals surface area (Å²) in [5.41, 5.74) is 2.35. The number of amides is 1. The number of carbonyl (C=O) groups excluding carboxylic acids is 3. The molecule has 0 aromatic heterocycles. The molecule has 7 heteroatoms. The highest BCUT2D eigenvalue weighted by Crippen LogP contribution is 2.24. The highest BCUT2D eigenvalue weighted by Gasteiger charge is 2.25. The molecule has 1 atom stereocenters. The van der Waals surface area contributed by atoms with Crippen LogP contribution in [0, 0.1) is 0 Å². The first-order chi connectivity index (χ1) is 12.9. The molecular weight excluding hydrogens is 366 g/mol. The van der Waals surface area contributed by atoms with Crippen LogP contribution in [0.2, 0.25) is 0 Å². The molecule has 0 fully saturated rings. The standard InChI is InChI=1S/C20H19NO5S/c1-13(22)27-17(11-18(23)21-12-19(24)25)20(26)16-9-7-15(8-10-16)14-5-3-2-4-6-14/h2-10,17H,11-12H2,1H3,(H,21,23)(H,24,25). The minimum atomic E-state index is -1.18. The van der Waals surface area contributed by atoms with Crippen molar-refractivity contribution in [1.29, 1.82) is 0 Å². The number of ketones is 1. The summed E-state index contributed by atoms with van der Waals surface area (Å²) in [5, 5.41) is 9.62. The fraction of sp³-hybridized carbons (Fsp3) is 0.200. The van der Waals surface area contributed by atoms with E-state index < -0.39 is 23.7 Å².